The largest absolute Gasteiger partial charge is 0.491 e. The molecule has 10 heteroatoms. The highest BCUT2D eigenvalue weighted by Gasteiger charge is 2.26. The highest BCUT2D eigenvalue weighted by molar-refractivity contribution is 6.32. The van der Waals surface area contributed by atoms with Gasteiger partial charge in [0.1, 0.15) is 6.07 Å². The minimum absolute atomic E-state index is 0.0438. The smallest absolute Gasteiger partial charge is 0.239 e. The third-order valence-electron chi connectivity index (χ3n) is 10.8. The van der Waals surface area contributed by atoms with Gasteiger partial charge in [0.2, 0.25) is 5.95 Å². The lowest BCUT2D eigenvalue weighted by Gasteiger charge is -2.27. The van der Waals surface area contributed by atoms with Crippen LogP contribution in [0.1, 0.15) is 106 Å². The number of benzene rings is 4. The highest BCUT2D eigenvalue weighted by Crippen LogP contribution is 2.39. The lowest BCUT2D eigenvalue weighted by Crippen LogP contribution is -2.21. The number of anilines is 2. The Morgan fingerprint density at radius 3 is 2.41 bits per heavy atom. The second kappa shape index (κ2) is 17.7. The number of ketones is 1. The number of carbonyl (C=O) groups is 1. The van der Waals surface area contributed by atoms with Crippen LogP contribution < -0.4 is 15.5 Å². The molecule has 4 aromatic carbocycles. The van der Waals surface area contributed by atoms with Crippen molar-refractivity contribution < 1.29 is 14.7 Å². The van der Waals surface area contributed by atoms with Crippen molar-refractivity contribution in [2.45, 2.75) is 78.6 Å². The lowest BCUT2D eigenvalue weighted by molar-refractivity contribution is -0.0394. The van der Waals surface area contributed by atoms with E-state index in [-0.39, 0.29) is 11.7 Å². The molecule has 1 fully saturated rings. The van der Waals surface area contributed by atoms with Gasteiger partial charge in [-0.2, -0.15) is 5.26 Å². The summed E-state index contributed by atoms with van der Waals surface area (Å²) in [4.78, 5) is 21.7. The topological polar surface area (TPSA) is 123 Å². The van der Waals surface area contributed by atoms with Crippen molar-refractivity contribution in [2.75, 3.05) is 30.9 Å². The molecule has 0 unspecified atom stereocenters. The number of carbonyl (C=O) groups excluding carboxylic acids is 1. The Bertz CT molecular complexity index is 2290. The predicted molar refractivity (Wildman–Crippen MR) is 226 cm³/mol. The summed E-state index contributed by atoms with van der Waals surface area (Å²) >= 11 is 6.80. The number of hydrogen-bond acceptors (Lipinski definition) is 9. The number of rotatable bonds is 16. The number of nitrogens with zero attached hydrogens (tertiary/aromatic N) is 4. The van der Waals surface area contributed by atoms with E-state index in [0.29, 0.717) is 28.9 Å². The monoisotopic (exact) mass is 770 g/mol. The number of fused-ring (bicyclic) bond motifs is 1. The van der Waals surface area contributed by atoms with Gasteiger partial charge in [0.15, 0.2) is 11.5 Å². The fourth-order valence-corrected chi connectivity index (χ4v) is 7.34. The molecular formula is C46H51ClN6O3. The van der Waals surface area contributed by atoms with Crippen molar-refractivity contribution in [3.05, 3.63) is 117 Å². The maximum atomic E-state index is 13.0. The van der Waals surface area contributed by atoms with Crippen molar-refractivity contribution in [2.24, 2.45) is 5.92 Å². The van der Waals surface area contributed by atoms with Gasteiger partial charge in [-0.3, -0.25) is 15.4 Å². The molecule has 1 heterocycles. The maximum Gasteiger partial charge on any atom is 0.239 e. The Balaban J connectivity index is 1.03. The quantitative estimate of drug-likeness (QED) is 0.0511. The molecule has 1 aromatic heterocycles. The van der Waals surface area contributed by atoms with Crippen LogP contribution >= 0.6 is 11.6 Å². The van der Waals surface area contributed by atoms with E-state index in [2.05, 4.69) is 77.9 Å². The van der Waals surface area contributed by atoms with Crippen molar-refractivity contribution in [1.82, 2.24) is 15.1 Å². The first-order valence-electron chi connectivity index (χ1n) is 19.4. The molecule has 0 radical (unpaired) electrons. The molecule has 1 saturated carbocycles. The number of nitriles is 1. The molecule has 0 saturated heterocycles. The molecule has 56 heavy (non-hydrogen) atoms. The number of allylic oxidation sites excluding steroid dienone is 2. The minimum atomic E-state index is -0.433. The minimum Gasteiger partial charge on any atom is -0.491 e. The van der Waals surface area contributed by atoms with Crippen LogP contribution in [0.5, 0.6) is 5.75 Å². The van der Waals surface area contributed by atoms with Gasteiger partial charge in [-0.1, -0.05) is 75.2 Å². The Kier molecular flexibility index (Phi) is 12.8. The summed E-state index contributed by atoms with van der Waals surface area (Å²) < 4.78 is 6.11. The van der Waals surface area contributed by atoms with E-state index in [1.54, 1.807) is 6.20 Å². The first-order valence-corrected chi connectivity index (χ1v) is 19.8. The van der Waals surface area contributed by atoms with E-state index in [1.807, 2.05) is 56.3 Å². The molecule has 0 bridgehead atoms. The predicted octanol–water partition coefficient (Wildman–Crippen LogP) is 11.3. The second-order valence-corrected chi connectivity index (χ2v) is 15.9. The average molecular weight is 771 g/mol. The van der Waals surface area contributed by atoms with Gasteiger partial charge >= 0.3 is 0 Å². The van der Waals surface area contributed by atoms with Crippen LogP contribution in [0.3, 0.4) is 0 Å². The van der Waals surface area contributed by atoms with Crippen molar-refractivity contribution in [3.8, 4) is 22.9 Å². The number of ether oxygens (including phenoxy) is 1. The number of unbranched alkanes of at least 4 members (excludes halogenated alkanes) is 2. The maximum absolute atomic E-state index is 13.0. The number of hydrogen-bond donors (Lipinski definition) is 3. The summed E-state index contributed by atoms with van der Waals surface area (Å²) in [5.74, 6) is 0.875. The molecule has 290 valence electrons. The fraction of sp³-hybridized carbons (Fsp3) is 0.348. The lowest BCUT2D eigenvalue weighted by atomic mass is 9.77. The van der Waals surface area contributed by atoms with Crippen LogP contribution in [0.4, 0.5) is 11.6 Å². The number of nitrogens with one attached hydrogen (secondary N) is 2. The van der Waals surface area contributed by atoms with Gasteiger partial charge in [0.05, 0.1) is 22.7 Å². The summed E-state index contributed by atoms with van der Waals surface area (Å²) in [5, 5.41) is 25.2. The molecule has 3 N–H and O–H groups in total. The van der Waals surface area contributed by atoms with E-state index < -0.39 is 5.41 Å². The summed E-state index contributed by atoms with van der Waals surface area (Å²) in [5.41, 5.74) is 13.1. The van der Waals surface area contributed by atoms with Crippen molar-refractivity contribution in [3.63, 3.8) is 0 Å². The van der Waals surface area contributed by atoms with Crippen molar-refractivity contribution in [1.29, 1.82) is 5.26 Å². The molecule has 6 rings (SSSR count). The molecule has 5 aromatic rings. The summed E-state index contributed by atoms with van der Waals surface area (Å²) in [6.07, 6.45) is 7.92. The second-order valence-electron chi connectivity index (χ2n) is 15.4. The van der Waals surface area contributed by atoms with E-state index >= 15 is 0 Å². The molecule has 1 aliphatic rings. The van der Waals surface area contributed by atoms with Gasteiger partial charge in [0.25, 0.3) is 0 Å². The number of halogens is 1. The first kappa shape index (κ1) is 40.4. The van der Waals surface area contributed by atoms with Crippen LogP contribution in [0.15, 0.2) is 84.6 Å². The SMILES string of the molecule is CC(=C1CCC1)c1cc(NCCCCCOc2c(Cl)cc(C(C)(C)c3ccc(-c4ccc5nc(NN(C)O)ncc5c4)cc3)cc2C#N)ccc1C(=O)C(C)C. The normalized spacial score (nSPS) is 12.8. The van der Waals surface area contributed by atoms with E-state index in [4.69, 9.17) is 16.3 Å². The Morgan fingerprint density at radius 1 is 0.982 bits per heavy atom. The molecule has 0 amide bonds. The Morgan fingerprint density at radius 2 is 1.73 bits per heavy atom. The molecular weight excluding hydrogens is 720 g/mol. The van der Waals surface area contributed by atoms with Crippen molar-refractivity contribution >= 4 is 45.5 Å². The molecule has 9 nitrogen and oxygen atoms in total. The van der Waals surface area contributed by atoms with E-state index in [9.17, 15) is 15.3 Å². The van der Waals surface area contributed by atoms with Gasteiger partial charge < -0.3 is 10.1 Å². The first-order chi connectivity index (χ1) is 26.8. The zero-order valence-electron chi connectivity index (χ0n) is 33.2. The number of hydroxylamine groups is 1. The zero-order chi connectivity index (χ0) is 40.0. The third-order valence-corrected chi connectivity index (χ3v) is 11.0. The van der Waals surface area contributed by atoms with Crippen LogP contribution in [0.25, 0.3) is 27.6 Å². The van der Waals surface area contributed by atoms with Gasteiger partial charge in [-0.25, -0.2) is 9.97 Å². The number of aromatic nitrogens is 2. The standard InChI is InChI=1S/C46H51ClN6O3/c1-29(2)43(54)39-19-18-38(26-40(39)30(3)31-11-10-12-31)49-21-8-7-9-22-56-44-34(27-48)24-37(25-41(44)47)46(4,5)36-16-13-32(14-17-36)33-15-20-42-35(23-33)28-50-45(51-42)52-53(6)55/h13-20,23-26,28-29,49,55H,7-12,21-22H2,1-6H3,(H,50,51,52). The summed E-state index contributed by atoms with van der Waals surface area (Å²) in [6.45, 7) is 11.6. The molecule has 1 aliphatic carbocycles. The average Bonchev–Trinajstić information content (AvgIpc) is 3.16. The van der Waals surface area contributed by atoms with Crippen LogP contribution in [-0.2, 0) is 5.41 Å². The Labute approximate surface area is 335 Å². The molecule has 0 atom stereocenters. The molecule has 0 aliphatic heterocycles. The van der Waals surface area contributed by atoms with Crippen LogP contribution in [0, 0.1) is 17.2 Å². The van der Waals surface area contributed by atoms with Gasteiger partial charge in [-0.05, 0) is 121 Å². The Hall–Kier alpha value is -5.27. The van der Waals surface area contributed by atoms with E-state index in [0.717, 1.165) is 93.8 Å². The number of hydrazine groups is 1. The third kappa shape index (κ3) is 9.22. The zero-order valence-corrected chi connectivity index (χ0v) is 33.9. The molecule has 0 spiro atoms. The summed E-state index contributed by atoms with van der Waals surface area (Å²) in [7, 11) is 1.46. The van der Waals surface area contributed by atoms with Crippen LogP contribution in [0.2, 0.25) is 5.02 Å². The van der Waals surface area contributed by atoms with Gasteiger partial charge in [0, 0.05) is 47.8 Å². The summed E-state index contributed by atoms with van der Waals surface area (Å²) in [6, 6.07) is 26.6. The van der Waals surface area contributed by atoms with E-state index in [1.165, 1.54) is 24.6 Å². The van der Waals surface area contributed by atoms with Gasteiger partial charge in [-0.15, -0.1) is 5.17 Å². The number of Topliss-reactive ketones (excluding diaryl/α,β-unsaturated/α-hetero) is 1. The highest BCUT2D eigenvalue weighted by atomic mass is 35.5. The van der Waals surface area contributed by atoms with Crippen LogP contribution in [-0.4, -0.2) is 46.3 Å². The fourth-order valence-electron chi connectivity index (χ4n) is 7.06.